The van der Waals surface area contributed by atoms with Crippen LogP contribution in [0.1, 0.15) is 38.3 Å². The summed E-state index contributed by atoms with van der Waals surface area (Å²) in [6.07, 6.45) is 4.95. The quantitative estimate of drug-likeness (QED) is 0.843. The van der Waals surface area contributed by atoms with E-state index in [4.69, 9.17) is 9.52 Å². The molecule has 1 aromatic heterocycles. The molecule has 1 fully saturated rings. The average molecular weight is 224 g/mol. The lowest BCUT2D eigenvalue weighted by atomic mass is 10.1. The monoisotopic (exact) mass is 224 g/mol. The first kappa shape index (κ1) is 11.6. The van der Waals surface area contributed by atoms with Crippen molar-refractivity contribution in [1.29, 1.82) is 0 Å². The normalized spacial score (nSPS) is 22.1. The summed E-state index contributed by atoms with van der Waals surface area (Å²) in [4.78, 5) is 6.69. The lowest BCUT2D eigenvalue weighted by Crippen LogP contribution is -2.36. The fraction of sp³-hybridized carbons (Fsp3) is 0.750. The lowest BCUT2D eigenvalue weighted by molar-refractivity contribution is 0.191. The van der Waals surface area contributed by atoms with Crippen molar-refractivity contribution < 1.29 is 9.52 Å². The maximum absolute atomic E-state index is 8.91. The fourth-order valence-electron chi connectivity index (χ4n) is 2.47. The van der Waals surface area contributed by atoms with Crippen molar-refractivity contribution in [2.45, 2.75) is 51.8 Å². The predicted molar refractivity (Wildman–Crippen MR) is 61.0 cm³/mol. The number of aliphatic hydroxyl groups excluding tert-OH is 1. The van der Waals surface area contributed by atoms with Gasteiger partial charge in [0.1, 0.15) is 12.4 Å². The Bertz CT molecular complexity index is 336. The van der Waals surface area contributed by atoms with Gasteiger partial charge in [0.15, 0.2) is 5.89 Å². The van der Waals surface area contributed by atoms with Gasteiger partial charge in [0.25, 0.3) is 0 Å². The summed E-state index contributed by atoms with van der Waals surface area (Å²) in [5.74, 6) is 1.31. The molecular formula is C12H20N2O2. The van der Waals surface area contributed by atoms with E-state index in [0.717, 1.165) is 12.3 Å². The molecule has 1 aliphatic heterocycles. The molecule has 0 saturated carbocycles. The Balaban J connectivity index is 1.98. The summed E-state index contributed by atoms with van der Waals surface area (Å²) < 4.78 is 5.44. The maximum Gasteiger partial charge on any atom is 0.196 e. The second kappa shape index (κ2) is 4.97. The van der Waals surface area contributed by atoms with Crippen molar-refractivity contribution in [3.05, 3.63) is 17.8 Å². The highest BCUT2D eigenvalue weighted by atomic mass is 16.4. The van der Waals surface area contributed by atoms with E-state index in [1.54, 1.807) is 6.20 Å². The minimum Gasteiger partial charge on any atom is -0.443 e. The van der Waals surface area contributed by atoms with Crippen LogP contribution in [0.5, 0.6) is 0 Å². The molecule has 1 aromatic rings. The number of oxazole rings is 1. The Kier molecular flexibility index (Phi) is 3.61. The van der Waals surface area contributed by atoms with Gasteiger partial charge in [0.05, 0.1) is 6.20 Å². The van der Waals surface area contributed by atoms with E-state index in [2.05, 4.69) is 23.7 Å². The second-order valence-corrected chi connectivity index (χ2v) is 4.71. The van der Waals surface area contributed by atoms with Gasteiger partial charge in [-0.15, -0.1) is 0 Å². The Hall–Kier alpha value is -0.870. The summed E-state index contributed by atoms with van der Waals surface area (Å²) >= 11 is 0. The number of hydrogen-bond donors (Lipinski definition) is 1. The molecule has 4 heteroatoms. The van der Waals surface area contributed by atoms with Crippen LogP contribution in [-0.2, 0) is 13.0 Å². The zero-order valence-corrected chi connectivity index (χ0v) is 10.0. The zero-order chi connectivity index (χ0) is 11.5. The Morgan fingerprint density at radius 3 is 3.06 bits per heavy atom. The molecule has 1 unspecified atom stereocenters. The van der Waals surface area contributed by atoms with E-state index in [1.165, 1.54) is 19.4 Å². The van der Waals surface area contributed by atoms with E-state index < -0.39 is 0 Å². The highest BCUT2D eigenvalue weighted by molar-refractivity contribution is 4.96. The van der Waals surface area contributed by atoms with Crippen LogP contribution in [0.15, 0.2) is 10.6 Å². The van der Waals surface area contributed by atoms with E-state index in [9.17, 15) is 0 Å². The van der Waals surface area contributed by atoms with E-state index in [-0.39, 0.29) is 6.61 Å². The number of likely N-dealkylation sites (tertiary alicyclic amines) is 1. The van der Waals surface area contributed by atoms with Gasteiger partial charge < -0.3 is 9.52 Å². The van der Waals surface area contributed by atoms with Crippen LogP contribution in [0, 0.1) is 0 Å². The molecule has 1 aliphatic rings. The van der Waals surface area contributed by atoms with Crippen molar-refractivity contribution in [2.75, 3.05) is 6.54 Å². The Labute approximate surface area is 96.3 Å². The molecule has 0 amide bonds. The maximum atomic E-state index is 8.91. The molecule has 0 aliphatic carbocycles. The molecule has 90 valence electrons. The van der Waals surface area contributed by atoms with E-state index in [0.29, 0.717) is 17.8 Å². The molecule has 0 spiro atoms. The molecule has 1 saturated heterocycles. The molecule has 1 atom stereocenters. The SMILES string of the molecule is CC(C)N1CCCC1Cc1ncc(CO)o1. The van der Waals surface area contributed by atoms with Crippen molar-refractivity contribution in [3.8, 4) is 0 Å². The average Bonchev–Trinajstić information content (AvgIpc) is 2.87. The Morgan fingerprint density at radius 1 is 1.62 bits per heavy atom. The van der Waals surface area contributed by atoms with Gasteiger partial charge in [-0.1, -0.05) is 0 Å². The van der Waals surface area contributed by atoms with Crippen molar-refractivity contribution in [3.63, 3.8) is 0 Å². The van der Waals surface area contributed by atoms with Gasteiger partial charge >= 0.3 is 0 Å². The van der Waals surface area contributed by atoms with Gasteiger partial charge in [-0.3, -0.25) is 4.90 Å². The summed E-state index contributed by atoms with van der Waals surface area (Å²) in [7, 11) is 0. The van der Waals surface area contributed by atoms with Gasteiger partial charge in [-0.05, 0) is 33.2 Å². The van der Waals surface area contributed by atoms with Gasteiger partial charge in [-0.2, -0.15) is 0 Å². The van der Waals surface area contributed by atoms with E-state index in [1.807, 2.05) is 0 Å². The largest absolute Gasteiger partial charge is 0.443 e. The first-order valence-corrected chi connectivity index (χ1v) is 6.01. The van der Waals surface area contributed by atoms with Crippen LogP contribution in [0.2, 0.25) is 0 Å². The fourth-order valence-corrected chi connectivity index (χ4v) is 2.47. The molecule has 2 heterocycles. The van der Waals surface area contributed by atoms with Crippen LogP contribution in [0.4, 0.5) is 0 Å². The minimum atomic E-state index is -0.0639. The predicted octanol–water partition coefficient (Wildman–Crippen LogP) is 1.58. The third-order valence-electron chi connectivity index (χ3n) is 3.25. The van der Waals surface area contributed by atoms with E-state index >= 15 is 0 Å². The van der Waals surface area contributed by atoms with Gasteiger partial charge in [0, 0.05) is 18.5 Å². The molecule has 4 nitrogen and oxygen atoms in total. The number of hydrogen-bond acceptors (Lipinski definition) is 4. The first-order valence-electron chi connectivity index (χ1n) is 6.01. The number of rotatable bonds is 4. The third kappa shape index (κ3) is 2.44. The highest BCUT2D eigenvalue weighted by Crippen LogP contribution is 2.23. The van der Waals surface area contributed by atoms with Crippen molar-refractivity contribution in [2.24, 2.45) is 0 Å². The summed E-state index contributed by atoms with van der Waals surface area (Å²) in [5.41, 5.74) is 0. The molecule has 0 aromatic carbocycles. The highest BCUT2D eigenvalue weighted by Gasteiger charge is 2.27. The van der Waals surface area contributed by atoms with Crippen molar-refractivity contribution >= 4 is 0 Å². The van der Waals surface area contributed by atoms with Gasteiger partial charge in [0.2, 0.25) is 0 Å². The van der Waals surface area contributed by atoms with Crippen LogP contribution in [0.3, 0.4) is 0 Å². The van der Waals surface area contributed by atoms with Crippen LogP contribution < -0.4 is 0 Å². The number of aromatic nitrogens is 1. The standard InChI is InChI=1S/C12H20N2O2/c1-9(2)14-5-3-4-10(14)6-12-13-7-11(8-15)16-12/h7,9-10,15H,3-6,8H2,1-2H3. The molecule has 0 bridgehead atoms. The summed E-state index contributed by atoms with van der Waals surface area (Å²) in [6.45, 7) is 5.57. The van der Waals surface area contributed by atoms with Gasteiger partial charge in [-0.25, -0.2) is 4.98 Å². The topological polar surface area (TPSA) is 49.5 Å². The number of nitrogens with zero attached hydrogens (tertiary/aromatic N) is 2. The third-order valence-corrected chi connectivity index (χ3v) is 3.25. The summed E-state index contributed by atoms with van der Waals surface area (Å²) in [5, 5.41) is 8.91. The molecular weight excluding hydrogens is 204 g/mol. The molecule has 0 radical (unpaired) electrons. The lowest BCUT2D eigenvalue weighted by Gasteiger charge is -2.27. The minimum absolute atomic E-state index is 0.0639. The van der Waals surface area contributed by atoms with Crippen LogP contribution in [-0.4, -0.2) is 33.6 Å². The van der Waals surface area contributed by atoms with Crippen LogP contribution >= 0.6 is 0 Å². The van der Waals surface area contributed by atoms with Crippen LogP contribution in [0.25, 0.3) is 0 Å². The molecule has 1 N–H and O–H groups in total. The summed E-state index contributed by atoms with van der Waals surface area (Å²) in [6, 6.07) is 1.13. The zero-order valence-electron chi connectivity index (χ0n) is 10.0. The Morgan fingerprint density at radius 2 is 2.44 bits per heavy atom. The molecule has 16 heavy (non-hydrogen) atoms. The first-order chi connectivity index (χ1) is 7.70. The number of aliphatic hydroxyl groups is 1. The smallest absolute Gasteiger partial charge is 0.196 e. The molecule has 2 rings (SSSR count). The van der Waals surface area contributed by atoms with Crippen molar-refractivity contribution in [1.82, 2.24) is 9.88 Å². The second-order valence-electron chi connectivity index (χ2n) is 4.71.